The number of rotatable bonds is 6. The summed E-state index contributed by atoms with van der Waals surface area (Å²) in [4.78, 5) is 10.7. The van der Waals surface area contributed by atoms with E-state index in [9.17, 15) is 4.79 Å². The number of hydrogen-bond acceptors (Lipinski definition) is 1. The number of carboxylic acids is 1. The quantitative estimate of drug-likeness (QED) is 0.733. The Bertz CT molecular complexity index is 815. The smallest absolute Gasteiger partial charge is 0.303 e. The van der Waals surface area contributed by atoms with Crippen molar-refractivity contribution in [1.82, 2.24) is 4.57 Å². The van der Waals surface area contributed by atoms with Crippen LogP contribution in [-0.4, -0.2) is 15.6 Å². The van der Waals surface area contributed by atoms with E-state index in [1.165, 1.54) is 27.6 Å². The van der Waals surface area contributed by atoms with Gasteiger partial charge in [0.1, 0.15) is 0 Å². The third kappa shape index (κ3) is 3.62. The monoisotopic (exact) mass is 307 g/mol. The summed E-state index contributed by atoms with van der Waals surface area (Å²) in [5.41, 5.74) is 4.97. The third-order valence-electron chi connectivity index (χ3n) is 4.18. The van der Waals surface area contributed by atoms with Gasteiger partial charge in [-0.3, -0.25) is 4.79 Å². The second-order valence-corrected chi connectivity index (χ2v) is 6.03. The summed E-state index contributed by atoms with van der Waals surface area (Å²) in [5, 5.41) is 10.0. The van der Waals surface area contributed by atoms with Gasteiger partial charge >= 0.3 is 5.97 Å². The van der Waals surface area contributed by atoms with Crippen LogP contribution in [0, 0.1) is 6.92 Å². The summed E-state index contributed by atoms with van der Waals surface area (Å²) in [6.07, 6.45) is 3.87. The van der Waals surface area contributed by atoms with Gasteiger partial charge in [0.2, 0.25) is 0 Å². The van der Waals surface area contributed by atoms with Gasteiger partial charge in [-0.1, -0.05) is 48.0 Å². The maximum atomic E-state index is 10.7. The molecule has 0 radical (unpaired) electrons. The summed E-state index contributed by atoms with van der Waals surface area (Å²) < 4.78 is 2.26. The minimum absolute atomic E-state index is 0.220. The van der Waals surface area contributed by atoms with E-state index < -0.39 is 5.97 Å². The first-order valence-corrected chi connectivity index (χ1v) is 7.97. The molecule has 0 fully saturated rings. The molecule has 118 valence electrons. The molecule has 0 atom stereocenters. The van der Waals surface area contributed by atoms with Gasteiger partial charge in [-0.05, 0) is 37.0 Å². The van der Waals surface area contributed by atoms with Crippen LogP contribution in [-0.2, 0) is 17.8 Å². The number of aliphatic carboxylic acids is 1. The summed E-state index contributed by atoms with van der Waals surface area (Å²) in [6.45, 7) is 2.93. The lowest BCUT2D eigenvalue weighted by Gasteiger charge is -2.06. The highest BCUT2D eigenvalue weighted by Crippen LogP contribution is 2.24. The van der Waals surface area contributed by atoms with Crippen LogP contribution in [0.4, 0.5) is 0 Å². The number of nitrogens with zero attached hydrogens (tertiary/aromatic N) is 1. The number of hydrogen-bond donors (Lipinski definition) is 1. The Morgan fingerprint density at radius 1 is 1.09 bits per heavy atom. The Labute approximate surface area is 136 Å². The van der Waals surface area contributed by atoms with E-state index in [1.807, 2.05) is 6.07 Å². The van der Waals surface area contributed by atoms with Crippen LogP contribution in [0.25, 0.3) is 10.9 Å². The Balaban J connectivity index is 1.87. The van der Waals surface area contributed by atoms with Crippen molar-refractivity contribution in [1.29, 1.82) is 0 Å². The number of aryl methyl sites for hydroxylation is 2. The first kappa shape index (κ1) is 15.3. The van der Waals surface area contributed by atoms with Gasteiger partial charge in [0.25, 0.3) is 0 Å². The second-order valence-electron chi connectivity index (χ2n) is 6.03. The number of benzene rings is 2. The van der Waals surface area contributed by atoms with Crippen molar-refractivity contribution >= 4 is 16.9 Å². The maximum Gasteiger partial charge on any atom is 0.303 e. The molecule has 0 aliphatic heterocycles. The Morgan fingerprint density at radius 3 is 2.57 bits per heavy atom. The van der Waals surface area contributed by atoms with Gasteiger partial charge in [0, 0.05) is 30.1 Å². The van der Waals surface area contributed by atoms with Gasteiger partial charge < -0.3 is 9.67 Å². The largest absolute Gasteiger partial charge is 0.481 e. The van der Waals surface area contributed by atoms with Crippen LogP contribution >= 0.6 is 0 Å². The molecule has 1 heterocycles. The van der Waals surface area contributed by atoms with Crippen molar-refractivity contribution in [3.63, 3.8) is 0 Å². The molecule has 1 aromatic heterocycles. The number of aromatic nitrogens is 1. The molecule has 3 aromatic rings. The number of fused-ring (bicyclic) bond motifs is 1. The van der Waals surface area contributed by atoms with E-state index in [-0.39, 0.29) is 6.42 Å². The molecule has 3 nitrogen and oxygen atoms in total. The van der Waals surface area contributed by atoms with Gasteiger partial charge in [0.15, 0.2) is 0 Å². The predicted octanol–water partition coefficient (Wildman–Crippen LogP) is 4.41. The van der Waals surface area contributed by atoms with Crippen LogP contribution in [0.5, 0.6) is 0 Å². The van der Waals surface area contributed by atoms with Crippen molar-refractivity contribution in [3.05, 3.63) is 71.4 Å². The van der Waals surface area contributed by atoms with Crippen molar-refractivity contribution in [2.75, 3.05) is 0 Å². The Hall–Kier alpha value is -2.55. The van der Waals surface area contributed by atoms with Gasteiger partial charge in [0.05, 0.1) is 0 Å². The second kappa shape index (κ2) is 6.69. The van der Waals surface area contributed by atoms with Crippen molar-refractivity contribution in [2.24, 2.45) is 0 Å². The number of para-hydroxylation sites is 1. The molecule has 2 aromatic carbocycles. The average molecular weight is 307 g/mol. The van der Waals surface area contributed by atoms with Crippen LogP contribution in [0.2, 0.25) is 0 Å². The Kier molecular flexibility index (Phi) is 4.47. The molecule has 0 spiro atoms. The summed E-state index contributed by atoms with van der Waals surface area (Å²) in [5.74, 6) is -0.728. The van der Waals surface area contributed by atoms with E-state index in [1.54, 1.807) is 0 Å². The molecule has 3 rings (SSSR count). The van der Waals surface area contributed by atoms with E-state index in [0.717, 1.165) is 13.0 Å². The fourth-order valence-corrected chi connectivity index (χ4v) is 2.97. The van der Waals surface area contributed by atoms with Gasteiger partial charge in [-0.2, -0.15) is 0 Å². The molecule has 1 N–H and O–H groups in total. The average Bonchev–Trinajstić information content (AvgIpc) is 2.88. The molecule has 0 bridgehead atoms. The molecule has 0 amide bonds. The molecule has 23 heavy (non-hydrogen) atoms. The summed E-state index contributed by atoms with van der Waals surface area (Å²) in [7, 11) is 0. The maximum absolute atomic E-state index is 10.7. The number of carbonyl (C=O) groups is 1. The molecular weight excluding hydrogens is 286 g/mol. The van der Waals surface area contributed by atoms with E-state index in [4.69, 9.17) is 5.11 Å². The van der Waals surface area contributed by atoms with E-state index >= 15 is 0 Å². The number of carboxylic acid groups (broad SMARTS) is 1. The van der Waals surface area contributed by atoms with Crippen molar-refractivity contribution in [2.45, 2.75) is 32.7 Å². The lowest BCUT2D eigenvalue weighted by atomic mass is 10.1. The molecular formula is C20H21NO2. The topological polar surface area (TPSA) is 42.2 Å². The summed E-state index contributed by atoms with van der Waals surface area (Å²) in [6, 6.07) is 16.9. The normalized spacial score (nSPS) is 11.0. The van der Waals surface area contributed by atoms with Gasteiger partial charge in [-0.25, -0.2) is 0 Å². The van der Waals surface area contributed by atoms with Crippen molar-refractivity contribution < 1.29 is 9.90 Å². The van der Waals surface area contributed by atoms with E-state index in [0.29, 0.717) is 6.42 Å². The first-order chi connectivity index (χ1) is 11.1. The standard InChI is InChI=1S/C20H21NO2/c1-15-9-11-16(12-10-15)13-21-14-17(5-4-8-20(22)23)18-6-2-3-7-19(18)21/h2-3,6-7,9-12,14H,4-5,8,13H2,1H3,(H,22,23). The zero-order valence-corrected chi connectivity index (χ0v) is 13.3. The lowest BCUT2D eigenvalue weighted by Crippen LogP contribution is -1.98. The SMILES string of the molecule is Cc1ccc(Cn2cc(CCCC(=O)O)c3ccccc32)cc1. The molecule has 0 aliphatic rings. The minimum Gasteiger partial charge on any atom is -0.481 e. The highest BCUT2D eigenvalue weighted by Gasteiger charge is 2.09. The predicted molar refractivity (Wildman–Crippen MR) is 92.8 cm³/mol. The Morgan fingerprint density at radius 2 is 1.83 bits per heavy atom. The molecule has 0 unspecified atom stereocenters. The minimum atomic E-state index is -0.728. The first-order valence-electron chi connectivity index (χ1n) is 7.97. The zero-order chi connectivity index (χ0) is 16.2. The van der Waals surface area contributed by atoms with Crippen LogP contribution < -0.4 is 0 Å². The lowest BCUT2D eigenvalue weighted by molar-refractivity contribution is -0.137. The van der Waals surface area contributed by atoms with Crippen LogP contribution in [0.3, 0.4) is 0 Å². The highest BCUT2D eigenvalue weighted by molar-refractivity contribution is 5.84. The highest BCUT2D eigenvalue weighted by atomic mass is 16.4. The van der Waals surface area contributed by atoms with Crippen LogP contribution in [0.15, 0.2) is 54.7 Å². The zero-order valence-electron chi connectivity index (χ0n) is 13.3. The van der Waals surface area contributed by atoms with E-state index in [2.05, 4.69) is 60.2 Å². The van der Waals surface area contributed by atoms with Gasteiger partial charge in [-0.15, -0.1) is 0 Å². The van der Waals surface area contributed by atoms with Crippen LogP contribution in [0.1, 0.15) is 29.5 Å². The van der Waals surface area contributed by atoms with Crippen molar-refractivity contribution in [3.8, 4) is 0 Å². The fraction of sp³-hybridized carbons (Fsp3) is 0.250. The summed E-state index contributed by atoms with van der Waals surface area (Å²) >= 11 is 0. The fourth-order valence-electron chi connectivity index (χ4n) is 2.97. The molecule has 3 heteroatoms. The molecule has 0 saturated carbocycles. The molecule has 0 saturated heterocycles. The third-order valence-corrected chi connectivity index (χ3v) is 4.18. The molecule has 0 aliphatic carbocycles.